The lowest BCUT2D eigenvalue weighted by Crippen LogP contribution is -2.21. The number of hydrogen-bond donors (Lipinski definition) is 2. The van der Waals surface area contributed by atoms with Crippen molar-refractivity contribution in [3.05, 3.63) is 47.3 Å². The van der Waals surface area contributed by atoms with Gasteiger partial charge in [-0.15, -0.1) is 0 Å². The van der Waals surface area contributed by atoms with Gasteiger partial charge in [-0.2, -0.15) is 0 Å². The minimum Gasteiger partial charge on any atom is -0.465 e. The van der Waals surface area contributed by atoms with Gasteiger partial charge in [0.25, 0.3) is 0 Å². The van der Waals surface area contributed by atoms with Gasteiger partial charge in [-0.25, -0.2) is 0 Å². The molecule has 2 N–H and O–H groups in total. The van der Waals surface area contributed by atoms with Crippen LogP contribution in [0.4, 0.5) is 0 Å². The summed E-state index contributed by atoms with van der Waals surface area (Å²) in [6.45, 7) is 5.74. The average molecular weight is 245 g/mol. The van der Waals surface area contributed by atoms with Crippen molar-refractivity contribution >= 4 is 5.71 Å². The molecule has 0 aromatic carbocycles. The first-order chi connectivity index (χ1) is 8.67. The number of nitrogens with one attached hydrogen (secondary N) is 1. The zero-order chi connectivity index (χ0) is 13.1. The molecule has 0 radical (unpaired) electrons. The van der Waals surface area contributed by atoms with E-state index in [-0.39, 0.29) is 0 Å². The molecule has 0 aromatic rings. The Morgan fingerprint density at radius 1 is 1.44 bits per heavy atom. The number of rotatable bonds is 2. The normalized spacial score (nSPS) is 25.0. The van der Waals surface area contributed by atoms with Crippen LogP contribution in [-0.2, 0) is 4.74 Å². The summed E-state index contributed by atoms with van der Waals surface area (Å²) in [6, 6.07) is 0. The minimum absolute atomic E-state index is 0.602. The van der Waals surface area contributed by atoms with Crippen molar-refractivity contribution in [2.75, 3.05) is 0 Å². The molecule has 0 amide bonds. The van der Waals surface area contributed by atoms with E-state index in [9.17, 15) is 5.11 Å². The Hall–Kier alpha value is -1.61. The molecule has 0 saturated carbocycles. The highest BCUT2D eigenvalue weighted by Crippen LogP contribution is 2.36. The Labute approximate surface area is 108 Å². The van der Waals surface area contributed by atoms with E-state index in [4.69, 9.17) is 10.1 Å². The molecule has 2 aliphatic rings. The quantitative estimate of drug-likeness (QED) is 0.784. The van der Waals surface area contributed by atoms with Crippen molar-refractivity contribution in [2.24, 2.45) is 0 Å². The number of allylic oxidation sites excluding steroid dienone is 5. The Kier molecular flexibility index (Phi) is 3.82. The van der Waals surface area contributed by atoms with Crippen LogP contribution < -0.4 is 0 Å². The van der Waals surface area contributed by atoms with Gasteiger partial charge in [0.1, 0.15) is 5.76 Å². The smallest absolute Gasteiger partial charge is 0.224 e. The molecular weight excluding hydrogens is 226 g/mol. The lowest BCUT2D eigenvalue weighted by atomic mass is 9.92. The zero-order valence-corrected chi connectivity index (χ0v) is 10.7. The van der Waals surface area contributed by atoms with Crippen LogP contribution in [-0.4, -0.2) is 17.1 Å². The molecule has 1 unspecified atom stereocenters. The number of aliphatic hydroxyl groups excluding tert-OH is 1. The number of ether oxygens (including phenoxy) is 1. The second-order valence-corrected chi connectivity index (χ2v) is 4.58. The number of hydrogen-bond acceptors (Lipinski definition) is 3. The molecule has 1 aliphatic carbocycles. The first-order valence-corrected chi connectivity index (χ1v) is 6.30. The van der Waals surface area contributed by atoms with Gasteiger partial charge < -0.3 is 15.3 Å². The van der Waals surface area contributed by atoms with Gasteiger partial charge in [-0.3, -0.25) is 0 Å². The van der Waals surface area contributed by atoms with Gasteiger partial charge in [0, 0.05) is 29.7 Å². The van der Waals surface area contributed by atoms with Crippen molar-refractivity contribution in [3.8, 4) is 0 Å². The summed E-state index contributed by atoms with van der Waals surface area (Å²) in [6.07, 6.45) is 7.66. The molecule has 0 fully saturated rings. The van der Waals surface area contributed by atoms with Gasteiger partial charge in [0.2, 0.25) is 6.29 Å². The van der Waals surface area contributed by atoms with E-state index in [0.717, 1.165) is 47.5 Å². The maximum absolute atomic E-state index is 10.0. The van der Waals surface area contributed by atoms with E-state index in [1.165, 1.54) is 0 Å². The third-order valence-electron chi connectivity index (χ3n) is 3.32. The summed E-state index contributed by atoms with van der Waals surface area (Å²) in [5.41, 5.74) is 3.40. The molecule has 0 saturated heterocycles. The fourth-order valence-corrected chi connectivity index (χ4v) is 2.49. The predicted molar refractivity (Wildman–Crippen MR) is 72.3 cm³/mol. The van der Waals surface area contributed by atoms with E-state index in [2.05, 4.69) is 6.58 Å². The summed E-state index contributed by atoms with van der Waals surface area (Å²) in [5.74, 6) is 0.827. The lowest BCUT2D eigenvalue weighted by molar-refractivity contribution is -0.0409. The van der Waals surface area contributed by atoms with E-state index in [0.29, 0.717) is 6.42 Å². The first-order valence-electron chi connectivity index (χ1n) is 6.30. The van der Waals surface area contributed by atoms with Crippen LogP contribution in [0.1, 0.15) is 32.6 Å². The SMILES string of the molecule is C=CC1=C(C=CC)C(O)OC2=C1CC(=N)CCC2. The summed E-state index contributed by atoms with van der Waals surface area (Å²) < 4.78 is 5.60. The molecule has 18 heavy (non-hydrogen) atoms. The van der Waals surface area contributed by atoms with E-state index in [1.807, 2.05) is 19.1 Å². The summed E-state index contributed by atoms with van der Waals surface area (Å²) >= 11 is 0. The van der Waals surface area contributed by atoms with Gasteiger partial charge in [0.15, 0.2) is 0 Å². The van der Waals surface area contributed by atoms with Crippen molar-refractivity contribution in [1.82, 2.24) is 0 Å². The second-order valence-electron chi connectivity index (χ2n) is 4.58. The molecule has 1 atom stereocenters. The van der Waals surface area contributed by atoms with Crippen molar-refractivity contribution in [1.29, 1.82) is 5.41 Å². The molecule has 1 aliphatic heterocycles. The van der Waals surface area contributed by atoms with Crippen LogP contribution in [0.25, 0.3) is 0 Å². The Morgan fingerprint density at radius 3 is 2.89 bits per heavy atom. The first kappa shape index (κ1) is 12.8. The largest absolute Gasteiger partial charge is 0.465 e. The third-order valence-corrected chi connectivity index (χ3v) is 3.32. The maximum atomic E-state index is 10.0. The highest BCUT2D eigenvalue weighted by Gasteiger charge is 2.28. The molecule has 3 heteroatoms. The average Bonchev–Trinajstić information content (AvgIpc) is 2.51. The molecule has 0 aromatic heterocycles. The van der Waals surface area contributed by atoms with Crippen LogP contribution >= 0.6 is 0 Å². The second kappa shape index (κ2) is 5.36. The summed E-state index contributed by atoms with van der Waals surface area (Å²) in [5, 5.41) is 17.9. The van der Waals surface area contributed by atoms with Gasteiger partial charge >= 0.3 is 0 Å². The number of aliphatic hydroxyl groups is 1. The Bertz CT molecular complexity index is 469. The molecule has 0 spiro atoms. The maximum Gasteiger partial charge on any atom is 0.224 e. The zero-order valence-electron chi connectivity index (χ0n) is 10.7. The molecule has 0 bridgehead atoms. The Balaban J connectivity index is 2.51. The van der Waals surface area contributed by atoms with E-state index >= 15 is 0 Å². The van der Waals surface area contributed by atoms with Gasteiger partial charge in [-0.05, 0) is 25.3 Å². The lowest BCUT2D eigenvalue weighted by Gasteiger charge is -2.27. The summed E-state index contributed by atoms with van der Waals surface area (Å²) in [7, 11) is 0. The molecule has 96 valence electrons. The monoisotopic (exact) mass is 245 g/mol. The molecular formula is C15H19NO2. The fraction of sp³-hybridized carbons (Fsp3) is 0.400. The summed E-state index contributed by atoms with van der Waals surface area (Å²) in [4.78, 5) is 0. The van der Waals surface area contributed by atoms with Crippen molar-refractivity contribution in [2.45, 2.75) is 38.9 Å². The Morgan fingerprint density at radius 2 is 2.22 bits per heavy atom. The van der Waals surface area contributed by atoms with Gasteiger partial charge in [0.05, 0.1) is 0 Å². The fourth-order valence-electron chi connectivity index (χ4n) is 2.49. The van der Waals surface area contributed by atoms with Crippen molar-refractivity contribution in [3.63, 3.8) is 0 Å². The molecule has 3 nitrogen and oxygen atoms in total. The third kappa shape index (κ3) is 2.31. The molecule has 2 rings (SSSR count). The molecule has 1 heterocycles. The van der Waals surface area contributed by atoms with Crippen LogP contribution in [0.5, 0.6) is 0 Å². The van der Waals surface area contributed by atoms with Crippen LogP contribution in [0.3, 0.4) is 0 Å². The van der Waals surface area contributed by atoms with Crippen LogP contribution in [0.15, 0.2) is 47.3 Å². The van der Waals surface area contributed by atoms with Crippen LogP contribution in [0, 0.1) is 5.41 Å². The standard InChI is InChI=1S/C15H19NO2/c1-3-6-12-11(4-2)13-9-10(16)7-5-8-14(13)18-15(12)17/h3-4,6,15-17H,2,5,7-9H2,1H3. The highest BCUT2D eigenvalue weighted by atomic mass is 16.6. The predicted octanol–water partition coefficient (Wildman–Crippen LogP) is 3.24. The van der Waals surface area contributed by atoms with Gasteiger partial charge in [-0.1, -0.05) is 24.8 Å². The van der Waals surface area contributed by atoms with Crippen molar-refractivity contribution < 1.29 is 9.84 Å². The van der Waals surface area contributed by atoms with E-state index in [1.54, 1.807) is 6.08 Å². The topological polar surface area (TPSA) is 53.3 Å². The minimum atomic E-state index is -0.916. The van der Waals surface area contributed by atoms with Crippen LogP contribution in [0.2, 0.25) is 0 Å². The highest BCUT2D eigenvalue weighted by molar-refractivity contribution is 5.85. The van der Waals surface area contributed by atoms with E-state index < -0.39 is 6.29 Å².